The Morgan fingerprint density at radius 3 is 2.59 bits per heavy atom. The normalized spacial score (nSPS) is 12.5. The Bertz CT molecular complexity index is 396. The summed E-state index contributed by atoms with van der Waals surface area (Å²) in [5, 5.41) is 10.5. The molecular formula is C13H15NO3. The lowest BCUT2D eigenvalue weighted by Crippen LogP contribution is -2.14. The third-order valence-corrected chi connectivity index (χ3v) is 2.29. The highest BCUT2D eigenvalue weighted by molar-refractivity contribution is 5.76. The molecule has 17 heavy (non-hydrogen) atoms. The first-order valence-electron chi connectivity index (χ1n) is 5.42. The lowest BCUT2D eigenvalue weighted by Gasteiger charge is -2.04. The van der Waals surface area contributed by atoms with E-state index in [0.717, 1.165) is 5.56 Å². The van der Waals surface area contributed by atoms with E-state index in [0.29, 0.717) is 0 Å². The van der Waals surface area contributed by atoms with Gasteiger partial charge in [-0.05, 0) is 12.5 Å². The molecule has 1 atom stereocenters. The number of nitrogens with zero attached hydrogens (tertiary/aromatic N) is 1. The van der Waals surface area contributed by atoms with Gasteiger partial charge in [0, 0.05) is 17.3 Å². The molecule has 1 rings (SSSR count). The van der Waals surface area contributed by atoms with E-state index >= 15 is 0 Å². The molecular weight excluding hydrogens is 218 g/mol. The van der Waals surface area contributed by atoms with Gasteiger partial charge in [0.1, 0.15) is 5.78 Å². The molecule has 1 aromatic rings. The zero-order valence-electron chi connectivity index (χ0n) is 9.70. The molecule has 0 aromatic heterocycles. The minimum Gasteiger partial charge on any atom is -0.300 e. The molecule has 0 heterocycles. The van der Waals surface area contributed by atoms with Gasteiger partial charge >= 0.3 is 0 Å². The molecule has 0 saturated carbocycles. The summed E-state index contributed by atoms with van der Waals surface area (Å²) >= 11 is 0. The number of rotatable bonds is 6. The molecule has 0 aliphatic heterocycles. The van der Waals surface area contributed by atoms with Crippen LogP contribution in [0.3, 0.4) is 0 Å². The predicted octanol–water partition coefficient (Wildman–Crippen LogP) is 2.57. The van der Waals surface area contributed by atoms with E-state index in [1.165, 1.54) is 6.92 Å². The van der Waals surface area contributed by atoms with Crippen molar-refractivity contribution in [2.24, 2.45) is 5.92 Å². The van der Waals surface area contributed by atoms with Crippen molar-refractivity contribution in [1.29, 1.82) is 0 Å². The van der Waals surface area contributed by atoms with Gasteiger partial charge < -0.3 is 4.79 Å². The second-order valence-electron chi connectivity index (χ2n) is 3.95. The molecule has 0 aliphatic rings. The van der Waals surface area contributed by atoms with Crippen molar-refractivity contribution in [1.82, 2.24) is 0 Å². The average molecular weight is 233 g/mol. The minimum atomic E-state index is -0.386. The van der Waals surface area contributed by atoms with Crippen LogP contribution in [0.4, 0.5) is 0 Å². The van der Waals surface area contributed by atoms with Crippen LogP contribution < -0.4 is 0 Å². The van der Waals surface area contributed by atoms with Gasteiger partial charge in [0.15, 0.2) is 0 Å². The summed E-state index contributed by atoms with van der Waals surface area (Å²) in [6.45, 7) is 1.24. The smallest absolute Gasteiger partial charge is 0.210 e. The number of ketones is 1. The monoisotopic (exact) mass is 233 g/mol. The number of nitro groups is 1. The molecule has 0 spiro atoms. The van der Waals surface area contributed by atoms with Crippen LogP contribution in [0, 0.1) is 16.0 Å². The molecule has 90 valence electrons. The molecule has 0 fully saturated rings. The highest BCUT2D eigenvalue weighted by Crippen LogP contribution is 2.10. The fraction of sp³-hybridized carbons (Fsp3) is 0.308. The fourth-order valence-corrected chi connectivity index (χ4v) is 1.57. The number of hydrogen-bond donors (Lipinski definition) is 0. The highest BCUT2D eigenvalue weighted by atomic mass is 16.6. The van der Waals surface area contributed by atoms with Crippen LogP contribution in [0.5, 0.6) is 0 Å². The number of carbonyl (C=O) groups excluding carboxylic acids is 1. The van der Waals surface area contributed by atoms with Gasteiger partial charge in [-0.3, -0.25) is 10.1 Å². The zero-order valence-corrected chi connectivity index (χ0v) is 9.70. The Morgan fingerprint density at radius 1 is 1.41 bits per heavy atom. The molecule has 0 radical (unpaired) electrons. The van der Waals surface area contributed by atoms with Gasteiger partial charge in [-0.1, -0.05) is 42.5 Å². The third-order valence-electron chi connectivity index (χ3n) is 2.29. The van der Waals surface area contributed by atoms with E-state index in [1.807, 2.05) is 36.4 Å². The van der Waals surface area contributed by atoms with E-state index < -0.39 is 0 Å². The molecule has 0 amide bonds. The second-order valence-corrected chi connectivity index (χ2v) is 3.95. The molecule has 0 aliphatic carbocycles. The highest BCUT2D eigenvalue weighted by Gasteiger charge is 2.14. The van der Waals surface area contributed by atoms with Crippen LogP contribution in [-0.2, 0) is 4.79 Å². The zero-order chi connectivity index (χ0) is 12.7. The maximum atomic E-state index is 11.0. The van der Waals surface area contributed by atoms with Gasteiger partial charge in [-0.2, -0.15) is 0 Å². The van der Waals surface area contributed by atoms with Crippen molar-refractivity contribution in [3.63, 3.8) is 0 Å². The number of benzene rings is 1. The molecule has 0 N–H and O–H groups in total. The predicted molar refractivity (Wildman–Crippen MR) is 66.1 cm³/mol. The topological polar surface area (TPSA) is 60.2 Å². The van der Waals surface area contributed by atoms with Crippen LogP contribution in [0.25, 0.3) is 6.08 Å². The van der Waals surface area contributed by atoms with Crippen LogP contribution in [-0.4, -0.2) is 17.3 Å². The molecule has 0 bridgehead atoms. The van der Waals surface area contributed by atoms with Crippen LogP contribution in [0.2, 0.25) is 0 Å². The summed E-state index contributed by atoms with van der Waals surface area (Å²) in [4.78, 5) is 21.1. The summed E-state index contributed by atoms with van der Waals surface area (Å²) < 4.78 is 0. The standard InChI is InChI=1S/C13H15NO3/c1-11(15)9-13(10-14(16)17)8-7-12-5-3-2-4-6-12/h2-8,13H,9-10H2,1H3/b8-7+/t13-/m1/s1. The summed E-state index contributed by atoms with van der Waals surface area (Å²) in [6, 6.07) is 9.52. The average Bonchev–Trinajstić information content (AvgIpc) is 2.26. The van der Waals surface area contributed by atoms with Gasteiger partial charge in [0.05, 0.1) is 0 Å². The summed E-state index contributed by atoms with van der Waals surface area (Å²) in [6.07, 6.45) is 3.76. The number of carbonyl (C=O) groups is 1. The fourth-order valence-electron chi connectivity index (χ4n) is 1.57. The SMILES string of the molecule is CC(=O)C[C@@H](/C=C/c1ccccc1)C[N+](=O)[O-]. The van der Waals surface area contributed by atoms with Crippen molar-refractivity contribution in [2.45, 2.75) is 13.3 Å². The van der Waals surface area contributed by atoms with Crippen LogP contribution in [0.1, 0.15) is 18.9 Å². The molecule has 4 nitrogen and oxygen atoms in total. The maximum absolute atomic E-state index is 11.0. The lowest BCUT2D eigenvalue weighted by atomic mass is 10.0. The van der Waals surface area contributed by atoms with Crippen LogP contribution >= 0.6 is 0 Å². The van der Waals surface area contributed by atoms with E-state index in [4.69, 9.17) is 0 Å². The van der Waals surface area contributed by atoms with E-state index in [-0.39, 0.29) is 29.6 Å². The van der Waals surface area contributed by atoms with Crippen LogP contribution in [0.15, 0.2) is 36.4 Å². The Morgan fingerprint density at radius 2 is 2.06 bits per heavy atom. The van der Waals surface area contributed by atoms with E-state index in [1.54, 1.807) is 6.08 Å². The van der Waals surface area contributed by atoms with Crippen molar-refractivity contribution in [2.75, 3.05) is 6.54 Å². The van der Waals surface area contributed by atoms with E-state index in [9.17, 15) is 14.9 Å². The van der Waals surface area contributed by atoms with Crippen molar-refractivity contribution < 1.29 is 9.72 Å². The molecule has 1 aromatic carbocycles. The minimum absolute atomic E-state index is 0.0328. The van der Waals surface area contributed by atoms with Gasteiger partial charge in [0.2, 0.25) is 6.54 Å². The maximum Gasteiger partial charge on any atom is 0.210 e. The first-order chi connectivity index (χ1) is 8.08. The second kappa shape index (κ2) is 6.58. The molecule has 0 saturated heterocycles. The Hall–Kier alpha value is -1.97. The third kappa shape index (κ3) is 5.61. The van der Waals surface area contributed by atoms with Crippen molar-refractivity contribution in [3.8, 4) is 0 Å². The largest absolute Gasteiger partial charge is 0.300 e. The van der Waals surface area contributed by atoms with Gasteiger partial charge in [0.25, 0.3) is 0 Å². The Balaban J connectivity index is 2.68. The van der Waals surface area contributed by atoms with E-state index in [2.05, 4.69) is 0 Å². The first-order valence-corrected chi connectivity index (χ1v) is 5.42. The molecule has 4 heteroatoms. The Labute approximate surface area is 100 Å². The number of hydrogen-bond acceptors (Lipinski definition) is 3. The van der Waals surface area contributed by atoms with Crippen molar-refractivity contribution >= 4 is 11.9 Å². The Kier molecular flexibility index (Phi) is 5.07. The van der Waals surface area contributed by atoms with Gasteiger partial charge in [-0.15, -0.1) is 0 Å². The quantitative estimate of drug-likeness (QED) is 0.560. The van der Waals surface area contributed by atoms with Gasteiger partial charge in [-0.25, -0.2) is 0 Å². The molecule has 0 unspecified atom stereocenters. The number of Topliss-reactive ketones (excluding diaryl/α,β-unsaturated/α-hetero) is 1. The summed E-state index contributed by atoms with van der Waals surface area (Å²) in [7, 11) is 0. The summed E-state index contributed by atoms with van der Waals surface area (Å²) in [5.74, 6) is -0.364. The lowest BCUT2D eigenvalue weighted by molar-refractivity contribution is -0.485. The summed E-state index contributed by atoms with van der Waals surface area (Å²) in [5.41, 5.74) is 0.976. The van der Waals surface area contributed by atoms with Crippen molar-refractivity contribution in [3.05, 3.63) is 52.1 Å². The first kappa shape index (κ1) is 13.1.